The van der Waals surface area contributed by atoms with Crippen LogP contribution >= 0.6 is 15.9 Å². The third kappa shape index (κ3) is 2.21. The second-order valence-electron chi connectivity index (χ2n) is 2.84. The van der Waals surface area contributed by atoms with Gasteiger partial charge in [0.25, 0.3) is 5.92 Å². The zero-order chi connectivity index (χ0) is 11.6. The van der Waals surface area contributed by atoms with Crippen molar-refractivity contribution in [3.8, 4) is 11.5 Å². The van der Waals surface area contributed by atoms with Crippen LogP contribution < -0.4 is 4.74 Å². The highest BCUT2D eigenvalue weighted by atomic mass is 79.9. The van der Waals surface area contributed by atoms with Crippen molar-refractivity contribution in [2.75, 3.05) is 13.7 Å². The molecular formula is C9H9BrF2O3. The molecule has 0 bridgehead atoms. The Labute approximate surface area is 93.4 Å². The average molecular weight is 283 g/mol. The highest BCUT2D eigenvalue weighted by Crippen LogP contribution is 2.42. The fourth-order valence-electron chi connectivity index (χ4n) is 1.08. The normalized spacial score (nSPS) is 11.5. The minimum Gasteiger partial charge on any atom is -0.503 e. The van der Waals surface area contributed by atoms with Gasteiger partial charge >= 0.3 is 0 Å². The number of aliphatic hydroxyl groups excluding tert-OH is 1. The zero-order valence-electron chi connectivity index (χ0n) is 7.80. The highest BCUT2D eigenvalue weighted by molar-refractivity contribution is 9.10. The smallest absolute Gasteiger partial charge is 0.297 e. The van der Waals surface area contributed by atoms with Crippen molar-refractivity contribution in [2.24, 2.45) is 0 Å². The van der Waals surface area contributed by atoms with Gasteiger partial charge in [0.2, 0.25) is 0 Å². The predicted octanol–water partition coefficient (Wildman–Crippen LogP) is 2.25. The third-order valence-corrected chi connectivity index (χ3v) is 2.69. The molecule has 3 nitrogen and oxygen atoms in total. The number of aliphatic hydroxyl groups is 1. The molecule has 0 saturated carbocycles. The van der Waals surface area contributed by atoms with Crippen molar-refractivity contribution >= 4 is 15.9 Å². The molecule has 0 spiro atoms. The van der Waals surface area contributed by atoms with E-state index >= 15 is 0 Å². The molecule has 0 aliphatic carbocycles. The Kier molecular flexibility index (Phi) is 3.51. The van der Waals surface area contributed by atoms with Crippen molar-refractivity contribution in [1.82, 2.24) is 0 Å². The van der Waals surface area contributed by atoms with Crippen LogP contribution in [0.15, 0.2) is 16.6 Å². The standard InChI is InChI=1S/C9H9BrF2O3/c1-15-6-3-2-5(7(10)8(6)14)9(11,12)4-13/h2-3,13-14H,4H2,1H3. The van der Waals surface area contributed by atoms with Gasteiger partial charge in [0.1, 0.15) is 6.61 Å². The summed E-state index contributed by atoms with van der Waals surface area (Å²) in [6.45, 7) is -1.32. The molecular weight excluding hydrogens is 274 g/mol. The van der Waals surface area contributed by atoms with Crippen LogP contribution in [0.2, 0.25) is 0 Å². The summed E-state index contributed by atoms with van der Waals surface area (Å²) in [5, 5.41) is 18.0. The lowest BCUT2D eigenvalue weighted by molar-refractivity contribution is -0.0564. The van der Waals surface area contributed by atoms with Crippen molar-refractivity contribution in [1.29, 1.82) is 0 Å². The summed E-state index contributed by atoms with van der Waals surface area (Å²) < 4.78 is 30.8. The monoisotopic (exact) mass is 282 g/mol. The number of halogens is 3. The molecule has 0 amide bonds. The Balaban J connectivity index is 3.29. The van der Waals surface area contributed by atoms with Gasteiger partial charge in [-0.25, -0.2) is 0 Å². The fraction of sp³-hybridized carbons (Fsp3) is 0.333. The number of hydrogen-bond acceptors (Lipinski definition) is 3. The molecule has 0 aromatic heterocycles. The highest BCUT2D eigenvalue weighted by Gasteiger charge is 2.34. The Morgan fingerprint density at radius 3 is 2.53 bits per heavy atom. The van der Waals surface area contributed by atoms with Gasteiger partial charge in [-0.2, -0.15) is 8.78 Å². The van der Waals surface area contributed by atoms with Crippen molar-refractivity contribution in [2.45, 2.75) is 5.92 Å². The Hall–Kier alpha value is -0.880. The predicted molar refractivity (Wildman–Crippen MR) is 53.3 cm³/mol. The molecule has 0 atom stereocenters. The Morgan fingerprint density at radius 2 is 2.07 bits per heavy atom. The topological polar surface area (TPSA) is 49.7 Å². The molecule has 6 heteroatoms. The maximum absolute atomic E-state index is 13.1. The average Bonchev–Trinajstić information content (AvgIpc) is 2.21. The van der Waals surface area contributed by atoms with Gasteiger partial charge in [-0.05, 0) is 28.1 Å². The Bertz CT molecular complexity index is 369. The first-order valence-electron chi connectivity index (χ1n) is 3.98. The molecule has 0 radical (unpaired) electrons. The molecule has 0 aliphatic rings. The van der Waals surface area contributed by atoms with Crippen LogP contribution in [0.3, 0.4) is 0 Å². The maximum Gasteiger partial charge on any atom is 0.297 e. The molecule has 1 aromatic carbocycles. The van der Waals surface area contributed by atoms with Gasteiger partial charge in [-0.15, -0.1) is 0 Å². The number of methoxy groups -OCH3 is 1. The van der Waals surface area contributed by atoms with Crippen LogP contribution in [0.5, 0.6) is 11.5 Å². The summed E-state index contributed by atoms with van der Waals surface area (Å²) >= 11 is 2.83. The van der Waals surface area contributed by atoms with Crippen LogP contribution in [0, 0.1) is 0 Å². The van der Waals surface area contributed by atoms with Crippen LogP contribution in [-0.2, 0) is 5.92 Å². The molecule has 0 fully saturated rings. The van der Waals surface area contributed by atoms with Crippen molar-refractivity contribution < 1.29 is 23.7 Å². The van der Waals surface area contributed by atoms with E-state index in [2.05, 4.69) is 15.9 Å². The summed E-state index contributed by atoms with van der Waals surface area (Å²) in [6.07, 6.45) is 0. The number of phenolic OH excluding ortho intramolecular Hbond substituents is 1. The van der Waals surface area contributed by atoms with Crippen molar-refractivity contribution in [3.05, 3.63) is 22.2 Å². The van der Waals surface area contributed by atoms with E-state index in [0.717, 1.165) is 6.07 Å². The van der Waals surface area contributed by atoms with Gasteiger partial charge in [0.05, 0.1) is 11.6 Å². The summed E-state index contributed by atoms with van der Waals surface area (Å²) in [7, 11) is 1.31. The van der Waals surface area contributed by atoms with Crippen molar-refractivity contribution in [3.63, 3.8) is 0 Å². The number of benzene rings is 1. The number of phenols is 1. The van der Waals surface area contributed by atoms with E-state index in [4.69, 9.17) is 9.84 Å². The third-order valence-electron chi connectivity index (χ3n) is 1.89. The van der Waals surface area contributed by atoms with E-state index < -0.39 is 23.8 Å². The molecule has 2 N–H and O–H groups in total. The summed E-state index contributed by atoms with van der Waals surface area (Å²) in [5.41, 5.74) is -0.483. The van der Waals surface area contributed by atoms with Gasteiger partial charge in [0.15, 0.2) is 11.5 Å². The van der Waals surface area contributed by atoms with E-state index in [-0.39, 0.29) is 10.2 Å². The summed E-state index contributed by atoms with van der Waals surface area (Å²) in [6, 6.07) is 2.29. The summed E-state index contributed by atoms with van der Waals surface area (Å²) in [5.74, 6) is -3.73. The second kappa shape index (κ2) is 4.32. The largest absolute Gasteiger partial charge is 0.503 e. The minimum absolute atomic E-state index is 0.0827. The number of rotatable bonds is 3. The van der Waals surface area contributed by atoms with Gasteiger partial charge in [-0.1, -0.05) is 0 Å². The number of aromatic hydroxyl groups is 1. The molecule has 0 heterocycles. The van der Waals surface area contributed by atoms with E-state index in [1.165, 1.54) is 13.2 Å². The first-order valence-corrected chi connectivity index (χ1v) is 4.78. The number of ether oxygens (including phenoxy) is 1. The first-order chi connectivity index (χ1) is 6.94. The molecule has 15 heavy (non-hydrogen) atoms. The maximum atomic E-state index is 13.1. The quantitative estimate of drug-likeness (QED) is 0.894. The number of alkyl halides is 2. The molecule has 0 aliphatic heterocycles. The lowest BCUT2D eigenvalue weighted by atomic mass is 10.1. The van der Waals surface area contributed by atoms with Gasteiger partial charge < -0.3 is 14.9 Å². The first kappa shape index (κ1) is 12.2. The van der Waals surface area contributed by atoms with E-state index in [9.17, 15) is 13.9 Å². The van der Waals surface area contributed by atoms with E-state index in [1.54, 1.807) is 0 Å². The van der Waals surface area contributed by atoms with Gasteiger partial charge in [-0.3, -0.25) is 0 Å². The zero-order valence-corrected chi connectivity index (χ0v) is 9.38. The minimum atomic E-state index is -3.40. The lowest BCUT2D eigenvalue weighted by Gasteiger charge is -2.17. The summed E-state index contributed by atoms with van der Waals surface area (Å²) in [4.78, 5) is 0. The molecule has 1 aromatic rings. The molecule has 0 saturated heterocycles. The second-order valence-corrected chi connectivity index (χ2v) is 3.63. The Morgan fingerprint density at radius 1 is 1.47 bits per heavy atom. The van der Waals surface area contributed by atoms with Gasteiger partial charge in [0, 0.05) is 5.56 Å². The van der Waals surface area contributed by atoms with E-state index in [0.29, 0.717) is 0 Å². The SMILES string of the molecule is COc1ccc(C(F)(F)CO)c(Br)c1O. The van der Waals surface area contributed by atoms with Crippen LogP contribution in [-0.4, -0.2) is 23.9 Å². The number of hydrogen-bond donors (Lipinski definition) is 2. The van der Waals surface area contributed by atoms with Crippen LogP contribution in [0.4, 0.5) is 8.78 Å². The molecule has 84 valence electrons. The lowest BCUT2D eigenvalue weighted by Crippen LogP contribution is -2.19. The van der Waals surface area contributed by atoms with E-state index in [1.807, 2.05) is 0 Å². The molecule has 0 unspecified atom stereocenters. The fourth-order valence-corrected chi connectivity index (χ4v) is 1.70. The van der Waals surface area contributed by atoms with Crippen LogP contribution in [0.25, 0.3) is 0 Å². The molecule has 1 rings (SSSR count). The van der Waals surface area contributed by atoms with Crippen LogP contribution in [0.1, 0.15) is 5.56 Å².